The number of carbonyl (C=O) groups is 10. The van der Waals surface area contributed by atoms with E-state index in [9.17, 15) is 63.3 Å². The Morgan fingerprint density at radius 2 is 1.43 bits per heavy atom. The highest BCUT2D eigenvalue weighted by molar-refractivity contribution is 5.98. The quantitative estimate of drug-likeness (QED) is 0.0903. The molecule has 4 rings (SSSR count). The Hall–Kier alpha value is -7.10. The number of hydrogen-bond acceptors (Lipinski definition) is 13. The molecule has 0 spiro atoms. The van der Waals surface area contributed by atoms with Gasteiger partial charge in [0.05, 0.1) is 0 Å². The number of hydrogen-bond donors (Lipinski definition) is 9. The topological polar surface area (TPSA) is 319 Å². The molecule has 0 radical (unpaired) electrons. The number of esters is 1. The van der Waals surface area contributed by atoms with Crippen LogP contribution in [0.3, 0.4) is 0 Å². The maximum absolute atomic E-state index is 14.8. The number of likely N-dealkylation sites (N-methyl/N-ethyl adjacent to an activating group) is 1. The molecule has 22 nitrogen and oxygen atoms in total. The van der Waals surface area contributed by atoms with Crippen LogP contribution in [-0.2, 0) is 65.5 Å². The van der Waals surface area contributed by atoms with Crippen molar-refractivity contribution in [2.24, 2.45) is 17.8 Å². The number of carbonyl (C=O) groups excluding carboxylic acids is 9. The first-order valence-electron chi connectivity index (χ1n) is 26.2. The number of phenols is 1. The molecule has 2 saturated heterocycles. The number of phenolic OH excluding ortho intramolecular Hbond substituents is 1. The van der Waals surface area contributed by atoms with E-state index in [0.29, 0.717) is 24.0 Å². The van der Waals surface area contributed by atoms with E-state index < -0.39 is 145 Å². The monoisotopic (exact) mass is 1060 g/mol. The molecule has 2 aliphatic heterocycles. The van der Waals surface area contributed by atoms with Gasteiger partial charge in [0.2, 0.25) is 47.3 Å². The zero-order valence-corrected chi connectivity index (χ0v) is 45.0. The van der Waals surface area contributed by atoms with Crippen LogP contribution in [0.15, 0.2) is 54.6 Å². The third kappa shape index (κ3) is 17.2. The summed E-state index contributed by atoms with van der Waals surface area (Å²) >= 11 is 0. The number of aromatic hydroxyl groups is 1. The molecule has 22 heteroatoms. The predicted octanol–water partition coefficient (Wildman–Crippen LogP) is 1.58. The first kappa shape index (κ1) is 61.4. The number of carboxylic acids is 1. The van der Waals surface area contributed by atoms with Crippen molar-refractivity contribution < 1.29 is 68.0 Å². The van der Waals surface area contributed by atoms with Crippen molar-refractivity contribution in [3.63, 3.8) is 0 Å². The van der Waals surface area contributed by atoms with Gasteiger partial charge >= 0.3 is 11.9 Å². The molecule has 8 amide bonds. The number of aliphatic carboxylic acids is 1. The number of aliphatic hydroxyl groups excluding tert-OH is 1. The number of benzene rings is 2. The number of nitrogens with one attached hydrogen (secondary N) is 6. The number of rotatable bonds is 19. The summed E-state index contributed by atoms with van der Waals surface area (Å²) in [6, 6.07) is 3.32. The van der Waals surface area contributed by atoms with Crippen LogP contribution in [0.5, 0.6) is 5.75 Å². The van der Waals surface area contributed by atoms with Gasteiger partial charge in [0.25, 0.3) is 0 Å². The maximum atomic E-state index is 14.8. The van der Waals surface area contributed by atoms with Gasteiger partial charge < -0.3 is 61.8 Å². The van der Waals surface area contributed by atoms with Crippen LogP contribution >= 0.6 is 0 Å². The van der Waals surface area contributed by atoms with Gasteiger partial charge in [-0.25, -0.2) is 9.59 Å². The predicted molar refractivity (Wildman–Crippen MR) is 277 cm³/mol. The molecule has 2 bridgehead atoms. The molecular weight excluding hydrogens is 985 g/mol. The van der Waals surface area contributed by atoms with Crippen molar-refractivity contribution in [3.05, 3.63) is 65.7 Å². The van der Waals surface area contributed by atoms with Crippen molar-refractivity contribution in [1.29, 1.82) is 0 Å². The average Bonchev–Trinajstić information content (AvgIpc) is 3.36. The summed E-state index contributed by atoms with van der Waals surface area (Å²) in [5.41, 5.74) is 1.19. The van der Waals surface area contributed by atoms with Crippen molar-refractivity contribution >= 4 is 59.2 Å². The number of fused-ring (bicyclic) bond motifs is 2. The number of aliphatic hydroxyl groups is 1. The molecule has 418 valence electrons. The van der Waals surface area contributed by atoms with Crippen LogP contribution < -0.4 is 31.9 Å². The SMILES string of the molecule is CCCC(=O)N[C@@H](Cc1ccc(O)cc1)C(=O)N[C@H](CCC(=O)N[C@@H]1C(=O)NC(CC(C)C)C(=O)N[C@H]2CCC(O)N(C2=O)[C@@H](C(C)C)C(=O)N(C)[C@@H](Cc2ccccc2)C(=O)N[C@@H]([C@@H](C)CC)C(=O)O[C@H]1C)C(=O)O. The zero-order valence-electron chi connectivity index (χ0n) is 45.0. The molecule has 76 heavy (non-hydrogen) atoms. The Labute approximate surface area is 444 Å². The lowest BCUT2D eigenvalue weighted by Crippen LogP contribution is -2.66. The van der Waals surface area contributed by atoms with E-state index >= 15 is 0 Å². The van der Waals surface area contributed by atoms with Crippen molar-refractivity contribution in [2.45, 2.75) is 180 Å². The van der Waals surface area contributed by atoms with E-state index in [0.717, 1.165) is 4.90 Å². The second-order valence-corrected chi connectivity index (χ2v) is 20.6. The van der Waals surface area contributed by atoms with Crippen LogP contribution in [0.25, 0.3) is 0 Å². The van der Waals surface area contributed by atoms with E-state index in [1.807, 2.05) is 0 Å². The first-order valence-corrected chi connectivity index (χ1v) is 26.2. The summed E-state index contributed by atoms with van der Waals surface area (Å²) in [5, 5.41) is 47.0. The lowest BCUT2D eigenvalue weighted by Gasteiger charge is -2.44. The van der Waals surface area contributed by atoms with Crippen molar-refractivity contribution in [1.82, 2.24) is 41.7 Å². The van der Waals surface area contributed by atoms with E-state index in [2.05, 4.69) is 31.9 Å². The molecule has 2 heterocycles. The van der Waals surface area contributed by atoms with Gasteiger partial charge in [-0.1, -0.05) is 97.4 Å². The van der Waals surface area contributed by atoms with Crippen molar-refractivity contribution in [2.75, 3.05) is 7.05 Å². The number of nitrogens with zero attached hydrogens (tertiary/aromatic N) is 2. The molecular formula is C54H78N8O14. The van der Waals surface area contributed by atoms with E-state index in [4.69, 9.17) is 4.74 Å². The molecule has 0 saturated carbocycles. The van der Waals surface area contributed by atoms with Gasteiger partial charge in [0.1, 0.15) is 66.4 Å². The molecule has 2 aliphatic rings. The normalized spacial score (nSPS) is 24.4. The van der Waals surface area contributed by atoms with E-state index in [1.54, 1.807) is 78.8 Å². The fourth-order valence-corrected chi connectivity index (χ4v) is 9.19. The molecule has 11 atom stereocenters. The minimum atomic E-state index is -1.76. The Balaban J connectivity index is 1.73. The average molecular weight is 1060 g/mol. The first-order chi connectivity index (χ1) is 35.9. The number of ether oxygens (including phenoxy) is 1. The Kier molecular flexibility index (Phi) is 23.2. The van der Waals surface area contributed by atoms with Crippen LogP contribution in [0.4, 0.5) is 0 Å². The van der Waals surface area contributed by atoms with Crippen LogP contribution in [0.1, 0.15) is 118 Å². The van der Waals surface area contributed by atoms with Crippen molar-refractivity contribution in [3.8, 4) is 5.75 Å². The van der Waals surface area contributed by atoms with E-state index in [1.165, 1.54) is 43.1 Å². The molecule has 0 aromatic heterocycles. The minimum Gasteiger partial charge on any atom is -0.508 e. The molecule has 2 unspecified atom stereocenters. The second kappa shape index (κ2) is 28.7. The second-order valence-electron chi connectivity index (χ2n) is 20.6. The summed E-state index contributed by atoms with van der Waals surface area (Å²) in [7, 11) is 1.39. The summed E-state index contributed by atoms with van der Waals surface area (Å²) < 4.78 is 5.92. The number of piperidine rings is 1. The summed E-state index contributed by atoms with van der Waals surface area (Å²) in [6.07, 6.45) is -3.43. The molecule has 2 fully saturated rings. The highest BCUT2D eigenvalue weighted by atomic mass is 16.5. The Morgan fingerprint density at radius 3 is 2.03 bits per heavy atom. The smallest absolute Gasteiger partial charge is 0.329 e. The Morgan fingerprint density at radius 1 is 0.776 bits per heavy atom. The lowest BCUT2D eigenvalue weighted by molar-refractivity contribution is -0.167. The maximum Gasteiger partial charge on any atom is 0.329 e. The number of amides is 8. The van der Waals surface area contributed by atoms with Gasteiger partial charge in [0.15, 0.2) is 0 Å². The number of carboxylic acid groups (broad SMARTS) is 1. The van der Waals surface area contributed by atoms with Gasteiger partial charge in [-0.2, -0.15) is 0 Å². The summed E-state index contributed by atoms with van der Waals surface area (Å²) in [6.45, 7) is 13.4. The summed E-state index contributed by atoms with van der Waals surface area (Å²) in [5.74, 6) is -10.4. The van der Waals surface area contributed by atoms with Crippen LogP contribution in [0, 0.1) is 17.8 Å². The molecule has 9 N–H and O–H groups in total. The lowest BCUT2D eigenvalue weighted by atomic mass is 9.93. The van der Waals surface area contributed by atoms with Gasteiger partial charge in [-0.3, -0.25) is 38.4 Å². The molecule has 2 aromatic carbocycles. The van der Waals surface area contributed by atoms with Crippen LogP contribution in [-0.4, -0.2) is 152 Å². The fourth-order valence-electron chi connectivity index (χ4n) is 9.19. The minimum absolute atomic E-state index is 0.00904. The van der Waals surface area contributed by atoms with Gasteiger partial charge in [0, 0.05) is 32.7 Å². The van der Waals surface area contributed by atoms with Crippen LogP contribution in [0.2, 0.25) is 0 Å². The van der Waals surface area contributed by atoms with E-state index in [-0.39, 0.29) is 50.2 Å². The fraction of sp³-hybridized carbons (Fsp3) is 0.593. The van der Waals surface area contributed by atoms with Gasteiger partial charge in [-0.15, -0.1) is 0 Å². The third-order valence-electron chi connectivity index (χ3n) is 13.7. The summed E-state index contributed by atoms with van der Waals surface area (Å²) in [4.78, 5) is 142. The molecule has 2 aromatic rings. The highest BCUT2D eigenvalue weighted by Gasteiger charge is 2.47. The zero-order chi connectivity index (χ0) is 56.6. The standard InChI is InChI=1S/C54H78N8O14/c1-10-15-41(64)55-39(27-34-18-20-35(63)21-19-34)48(68)57-37(53(73)74)22-24-42(65)59-45-32(8)76-54(75)44(31(7)11-2)60-49(69)40(28-33-16-13-12-14-17-33)61(9)52(72)46(30(5)6)62-43(66)25-23-36(51(62)71)56-47(67)38(26-29(3)4)58-50(45)70/h12-14,16-21,29-32,36-40,43-46,63,66H,10-11,15,22-28H2,1-9H3,(H,55,64)(H,56,67)(H,57,68)(H,58,70)(H,59,65)(H,60,69)(H,73,74)/t31-,32-,36-,37+,38?,39-,40-,43?,44-,45-,46-/m0/s1. The highest BCUT2D eigenvalue weighted by Crippen LogP contribution is 2.27. The number of cyclic esters (lactones) is 1. The molecule has 0 aliphatic carbocycles. The largest absolute Gasteiger partial charge is 0.508 e. The Bertz CT molecular complexity index is 2370. The van der Waals surface area contributed by atoms with Gasteiger partial charge in [-0.05, 0) is 80.0 Å². The third-order valence-corrected chi connectivity index (χ3v) is 13.7.